The Morgan fingerprint density at radius 3 is 2.52 bits per heavy atom. The van der Waals surface area contributed by atoms with Gasteiger partial charge in [-0.05, 0) is 30.5 Å². The monoisotopic (exact) mass is 440 g/mol. The van der Waals surface area contributed by atoms with Crippen molar-refractivity contribution in [3.63, 3.8) is 0 Å². The summed E-state index contributed by atoms with van der Waals surface area (Å²) in [7, 11) is 0. The highest BCUT2D eigenvalue weighted by Gasteiger charge is 2.25. The molecule has 7 nitrogen and oxygen atoms in total. The molecule has 2 aromatic heterocycles. The van der Waals surface area contributed by atoms with E-state index in [9.17, 15) is 4.79 Å². The maximum atomic E-state index is 12.9. The molecule has 0 radical (unpaired) electrons. The maximum Gasteiger partial charge on any atom is 0.257 e. The Kier molecular flexibility index (Phi) is 5.19. The predicted molar refractivity (Wildman–Crippen MR) is 129 cm³/mol. The van der Waals surface area contributed by atoms with Crippen LogP contribution in [0.5, 0.6) is 0 Å². The molecule has 1 N–H and O–H groups in total. The topological polar surface area (TPSA) is 70.1 Å². The largest absolute Gasteiger partial charge is 0.342 e. The van der Waals surface area contributed by atoms with Crippen LogP contribution in [0.4, 0.5) is 5.95 Å². The molecule has 0 aliphatic carbocycles. The van der Waals surface area contributed by atoms with E-state index >= 15 is 0 Å². The first-order chi connectivity index (χ1) is 16.2. The number of nitrogens with zero attached hydrogens (tertiary/aromatic N) is 5. The minimum absolute atomic E-state index is 0.00406. The van der Waals surface area contributed by atoms with Crippen molar-refractivity contribution in [3.8, 4) is 0 Å². The molecule has 0 unspecified atom stereocenters. The van der Waals surface area contributed by atoms with Crippen molar-refractivity contribution < 1.29 is 0 Å². The number of benzene rings is 2. The van der Waals surface area contributed by atoms with Gasteiger partial charge in [0.25, 0.3) is 5.56 Å². The van der Waals surface area contributed by atoms with Gasteiger partial charge in [-0.15, -0.1) is 0 Å². The Morgan fingerprint density at radius 2 is 1.67 bits per heavy atom. The van der Waals surface area contributed by atoms with Gasteiger partial charge >= 0.3 is 0 Å². The number of nitrogens with one attached hydrogen (secondary N) is 1. The van der Waals surface area contributed by atoms with E-state index < -0.39 is 0 Å². The van der Waals surface area contributed by atoms with Crippen LogP contribution in [0.15, 0.2) is 59.4 Å². The van der Waals surface area contributed by atoms with Crippen molar-refractivity contribution >= 4 is 17.0 Å². The number of hydrogen-bond donors (Lipinski definition) is 1. The Labute approximate surface area is 192 Å². The van der Waals surface area contributed by atoms with Crippen molar-refractivity contribution in [2.75, 3.05) is 24.5 Å². The van der Waals surface area contributed by atoms with Gasteiger partial charge in [0.2, 0.25) is 5.95 Å². The van der Waals surface area contributed by atoms with Crippen LogP contribution in [0.1, 0.15) is 35.5 Å². The number of imidazole rings is 1. The van der Waals surface area contributed by atoms with Crippen LogP contribution in [0.2, 0.25) is 0 Å². The van der Waals surface area contributed by atoms with E-state index in [1.54, 1.807) is 0 Å². The predicted octanol–water partition coefficient (Wildman–Crippen LogP) is 3.33. The van der Waals surface area contributed by atoms with E-state index in [4.69, 9.17) is 9.97 Å². The molecule has 2 aliphatic heterocycles. The van der Waals surface area contributed by atoms with E-state index in [0.29, 0.717) is 13.1 Å². The second-order valence-electron chi connectivity index (χ2n) is 9.06. The van der Waals surface area contributed by atoms with Crippen molar-refractivity contribution in [1.82, 2.24) is 24.4 Å². The molecule has 0 spiro atoms. The minimum Gasteiger partial charge on any atom is -0.342 e. The smallest absolute Gasteiger partial charge is 0.257 e. The molecule has 1 saturated heterocycles. The standard InChI is InChI=1S/C26H28N6O/c33-25-20-17-30(15-12-21(20)28-26(29-25)31-13-6-7-14-31)18-24-27-22-10-4-5-11-23(22)32(24)16-19-8-2-1-3-9-19/h1-5,8-11H,6-7,12-18H2,(H,28,29,33). The Morgan fingerprint density at radius 1 is 0.879 bits per heavy atom. The number of H-pyrrole nitrogens is 1. The Bertz CT molecular complexity index is 1340. The summed E-state index contributed by atoms with van der Waals surface area (Å²) in [5, 5.41) is 0. The van der Waals surface area contributed by atoms with Gasteiger partial charge in [-0.25, -0.2) is 9.97 Å². The van der Waals surface area contributed by atoms with Crippen LogP contribution in [0.25, 0.3) is 11.0 Å². The van der Waals surface area contributed by atoms with E-state index in [-0.39, 0.29) is 5.56 Å². The minimum atomic E-state index is 0.00406. The summed E-state index contributed by atoms with van der Waals surface area (Å²) >= 11 is 0. The number of aromatic nitrogens is 4. The summed E-state index contributed by atoms with van der Waals surface area (Å²) in [4.78, 5) is 30.3. The third kappa shape index (κ3) is 3.93. The molecule has 0 atom stereocenters. The van der Waals surface area contributed by atoms with Crippen LogP contribution in [0, 0.1) is 0 Å². The number of aromatic amines is 1. The van der Waals surface area contributed by atoms with Crippen molar-refractivity contribution in [2.24, 2.45) is 0 Å². The average molecular weight is 441 g/mol. The number of anilines is 1. The summed E-state index contributed by atoms with van der Waals surface area (Å²) < 4.78 is 2.30. The van der Waals surface area contributed by atoms with Gasteiger partial charge in [0, 0.05) is 39.1 Å². The second kappa shape index (κ2) is 8.48. The summed E-state index contributed by atoms with van der Waals surface area (Å²) in [5.41, 5.74) is 5.16. The van der Waals surface area contributed by atoms with Gasteiger partial charge in [-0.3, -0.25) is 14.7 Å². The zero-order valence-electron chi connectivity index (χ0n) is 18.7. The molecule has 0 saturated carbocycles. The normalized spacial score (nSPS) is 16.4. The van der Waals surface area contributed by atoms with E-state index in [1.165, 1.54) is 18.4 Å². The molecule has 4 aromatic rings. The zero-order valence-corrected chi connectivity index (χ0v) is 18.7. The van der Waals surface area contributed by atoms with E-state index in [1.807, 2.05) is 12.1 Å². The number of fused-ring (bicyclic) bond motifs is 2. The molecule has 33 heavy (non-hydrogen) atoms. The first-order valence-electron chi connectivity index (χ1n) is 11.8. The molecular weight excluding hydrogens is 412 g/mol. The fraction of sp³-hybridized carbons (Fsp3) is 0.346. The average Bonchev–Trinajstić information content (AvgIpc) is 3.49. The summed E-state index contributed by atoms with van der Waals surface area (Å²) in [6.45, 7) is 4.91. The molecule has 2 aliphatic rings. The molecule has 168 valence electrons. The molecule has 0 bridgehead atoms. The summed E-state index contributed by atoms with van der Waals surface area (Å²) in [6, 6.07) is 18.8. The Balaban J connectivity index is 1.28. The molecule has 0 amide bonds. The van der Waals surface area contributed by atoms with Crippen LogP contribution in [-0.2, 0) is 26.1 Å². The molecule has 2 aromatic carbocycles. The fourth-order valence-corrected chi connectivity index (χ4v) is 5.07. The van der Waals surface area contributed by atoms with Gasteiger partial charge in [0.1, 0.15) is 5.82 Å². The number of rotatable bonds is 5. The highest BCUT2D eigenvalue weighted by molar-refractivity contribution is 5.76. The van der Waals surface area contributed by atoms with Crippen LogP contribution >= 0.6 is 0 Å². The van der Waals surface area contributed by atoms with Gasteiger partial charge in [0.05, 0.1) is 28.8 Å². The number of hydrogen-bond acceptors (Lipinski definition) is 5. The van der Waals surface area contributed by atoms with E-state index in [2.05, 4.69) is 61.8 Å². The molecule has 4 heterocycles. The quantitative estimate of drug-likeness (QED) is 0.516. The molecule has 6 rings (SSSR count). The van der Waals surface area contributed by atoms with Gasteiger partial charge in [-0.1, -0.05) is 42.5 Å². The highest BCUT2D eigenvalue weighted by Crippen LogP contribution is 2.23. The second-order valence-corrected chi connectivity index (χ2v) is 9.06. The first-order valence-corrected chi connectivity index (χ1v) is 11.8. The van der Waals surface area contributed by atoms with Crippen LogP contribution in [-0.4, -0.2) is 44.1 Å². The summed E-state index contributed by atoms with van der Waals surface area (Å²) in [5.74, 6) is 1.77. The van der Waals surface area contributed by atoms with Crippen molar-refractivity contribution in [3.05, 3.63) is 87.6 Å². The molecule has 1 fully saturated rings. The highest BCUT2D eigenvalue weighted by atomic mass is 16.1. The lowest BCUT2D eigenvalue weighted by Crippen LogP contribution is -2.37. The maximum absolute atomic E-state index is 12.9. The summed E-state index contributed by atoms with van der Waals surface area (Å²) in [6.07, 6.45) is 3.12. The van der Waals surface area contributed by atoms with Crippen molar-refractivity contribution in [2.45, 2.75) is 38.9 Å². The van der Waals surface area contributed by atoms with Gasteiger partial charge in [-0.2, -0.15) is 0 Å². The lowest BCUT2D eigenvalue weighted by molar-refractivity contribution is 0.233. The first kappa shape index (κ1) is 20.2. The van der Waals surface area contributed by atoms with Crippen molar-refractivity contribution in [1.29, 1.82) is 0 Å². The van der Waals surface area contributed by atoms with Crippen LogP contribution < -0.4 is 10.5 Å². The third-order valence-electron chi connectivity index (χ3n) is 6.82. The molecular formula is C26H28N6O. The van der Waals surface area contributed by atoms with Gasteiger partial charge in [0.15, 0.2) is 0 Å². The van der Waals surface area contributed by atoms with Gasteiger partial charge < -0.3 is 9.47 Å². The lowest BCUT2D eigenvalue weighted by atomic mass is 10.1. The fourth-order valence-electron chi connectivity index (χ4n) is 5.07. The number of para-hydroxylation sites is 2. The third-order valence-corrected chi connectivity index (χ3v) is 6.82. The van der Waals surface area contributed by atoms with E-state index in [0.717, 1.165) is 66.7 Å². The van der Waals surface area contributed by atoms with Crippen LogP contribution in [0.3, 0.4) is 0 Å². The molecule has 7 heteroatoms. The SMILES string of the molecule is O=c1[nH]c(N2CCCC2)nc2c1CN(Cc1nc3ccccc3n1Cc1ccccc1)CC2. The lowest BCUT2D eigenvalue weighted by Gasteiger charge is -2.28. The zero-order chi connectivity index (χ0) is 22.2. The Hall–Kier alpha value is -3.45.